The Morgan fingerprint density at radius 2 is 1.89 bits per heavy atom. The van der Waals surface area contributed by atoms with Crippen LogP contribution in [-0.2, 0) is 6.54 Å². The molecule has 3 rings (SSSR count). The minimum Gasteiger partial charge on any atom is -0.316 e. The van der Waals surface area contributed by atoms with Gasteiger partial charge in [-0.15, -0.1) is 12.4 Å². The molecule has 2 saturated heterocycles. The molecule has 18 heavy (non-hydrogen) atoms. The summed E-state index contributed by atoms with van der Waals surface area (Å²) >= 11 is 5.91. The van der Waals surface area contributed by atoms with Gasteiger partial charge in [0.15, 0.2) is 0 Å². The number of fused-ring (bicyclic) bond motifs is 1. The molecule has 100 valence electrons. The first-order valence-electron chi connectivity index (χ1n) is 6.49. The smallest absolute Gasteiger partial charge is 0.0406 e. The molecule has 0 radical (unpaired) electrons. The summed E-state index contributed by atoms with van der Waals surface area (Å²) in [7, 11) is 0. The third kappa shape index (κ3) is 3.18. The summed E-state index contributed by atoms with van der Waals surface area (Å²) in [6.45, 7) is 6.01. The summed E-state index contributed by atoms with van der Waals surface area (Å²) in [5.41, 5.74) is 1.37. The maximum Gasteiger partial charge on any atom is 0.0406 e. The zero-order valence-corrected chi connectivity index (χ0v) is 12.0. The number of piperidine rings is 1. The summed E-state index contributed by atoms with van der Waals surface area (Å²) in [4.78, 5) is 2.58. The lowest BCUT2D eigenvalue weighted by atomic mass is 9.88. The highest BCUT2D eigenvalue weighted by molar-refractivity contribution is 6.30. The molecule has 4 heteroatoms. The van der Waals surface area contributed by atoms with Crippen LogP contribution in [0.3, 0.4) is 0 Å². The van der Waals surface area contributed by atoms with Gasteiger partial charge in [-0.05, 0) is 55.6 Å². The van der Waals surface area contributed by atoms with E-state index in [0.29, 0.717) is 0 Å². The van der Waals surface area contributed by atoms with Gasteiger partial charge < -0.3 is 5.32 Å². The van der Waals surface area contributed by atoms with Crippen LogP contribution in [0.5, 0.6) is 0 Å². The molecule has 1 N–H and O–H groups in total. The quantitative estimate of drug-likeness (QED) is 0.900. The number of rotatable bonds is 2. The van der Waals surface area contributed by atoms with Crippen molar-refractivity contribution in [1.82, 2.24) is 10.2 Å². The van der Waals surface area contributed by atoms with Gasteiger partial charge in [-0.1, -0.05) is 23.7 Å². The molecule has 0 bridgehead atoms. The minimum absolute atomic E-state index is 0. The molecular weight excluding hydrogens is 267 g/mol. The number of nitrogens with zero attached hydrogens (tertiary/aromatic N) is 1. The van der Waals surface area contributed by atoms with Crippen LogP contribution in [0.1, 0.15) is 12.0 Å². The van der Waals surface area contributed by atoms with Gasteiger partial charge >= 0.3 is 0 Å². The molecule has 2 heterocycles. The number of nitrogens with one attached hydrogen (secondary N) is 1. The van der Waals surface area contributed by atoms with E-state index in [-0.39, 0.29) is 12.4 Å². The van der Waals surface area contributed by atoms with E-state index in [9.17, 15) is 0 Å². The van der Waals surface area contributed by atoms with Crippen molar-refractivity contribution >= 4 is 24.0 Å². The fraction of sp³-hybridized carbons (Fsp3) is 0.571. The lowest BCUT2D eigenvalue weighted by molar-refractivity contribution is 0.142. The Kier molecular flexibility index (Phi) is 4.91. The third-order valence-electron chi connectivity index (χ3n) is 4.11. The molecule has 0 amide bonds. The topological polar surface area (TPSA) is 15.3 Å². The Bertz CT molecular complexity index is 380. The Balaban J connectivity index is 0.00000120. The van der Waals surface area contributed by atoms with Crippen LogP contribution in [0.15, 0.2) is 24.3 Å². The van der Waals surface area contributed by atoms with Gasteiger partial charge in [0.1, 0.15) is 0 Å². The van der Waals surface area contributed by atoms with E-state index >= 15 is 0 Å². The van der Waals surface area contributed by atoms with Crippen molar-refractivity contribution in [1.29, 1.82) is 0 Å². The first kappa shape index (κ1) is 14.1. The van der Waals surface area contributed by atoms with Crippen LogP contribution in [0.4, 0.5) is 0 Å². The van der Waals surface area contributed by atoms with Crippen LogP contribution < -0.4 is 5.32 Å². The number of halogens is 2. The van der Waals surface area contributed by atoms with Crippen LogP contribution in [0.2, 0.25) is 5.02 Å². The predicted octanol–water partition coefficient (Wildman–Crippen LogP) is 2.80. The van der Waals surface area contributed by atoms with E-state index < -0.39 is 0 Å². The largest absolute Gasteiger partial charge is 0.316 e. The van der Waals surface area contributed by atoms with Gasteiger partial charge in [-0.3, -0.25) is 4.90 Å². The van der Waals surface area contributed by atoms with Gasteiger partial charge in [-0.2, -0.15) is 0 Å². The summed E-state index contributed by atoms with van der Waals surface area (Å²) in [6, 6.07) is 8.25. The molecule has 2 nitrogen and oxygen atoms in total. The zero-order chi connectivity index (χ0) is 11.7. The molecule has 2 unspecified atom stereocenters. The molecule has 0 aliphatic carbocycles. The number of likely N-dealkylation sites (tertiary alicyclic amines) is 1. The lowest BCUT2D eigenvalue weighted by Crippen LogP contribution is -2.39. The molecular formula is C14H20Cl2N2. The average Bonchev–Trinajstić information content (AvgIpc) is 2.79. The third-order valence-corrected chi connectivity index (χ3v) is 4.36. The normalized spacial score (nSPS) is 27.6. The number of benzene rings is 1. The summed E-state index contributed by atoms with van der Waals surface area (Å²) in [5, 5.41) is 4.34. The molecule has 2 fully saturated rings. The van der Waals surface area contributed by atoms with Gasteiger partial charge in [0.25, 0.3) is 0 Å². The molecule has 2 atom stereocenters. The highest BCUT2D eigenvalue weighted by Gasteiger charge is 2.32. The van der Waals surface area contributed by atoms with E-state index in [1.807, 2.05) is 12.1 Å². The van der Waals surface area contributed by atoms with Gasteiger partial charge in [-0.25, -0.2) is 0 Å². The minimum atomic E-state index is 0. The summed E-state index contributed by atoms with van der Waals surface area (Å²) in [5.74, 6) is 1.80. The highest BCUT2D eigenvalue weighted by atomic mass is 35.5. The standard InChI is InChI=1S/C14H19ClN2.ClH/c15-14-3-1-11(2-4-14)9-17-6-5-12-7-16-8-13(12)10-17;/h1-4,12-13,16H,5-10H2;1H. The van der Waals surface area contributed by atoms with Crippen molar-refractivity contribution in [3.8, 4) is 0 Å². The zero-order valence-electron chi connectivity index (χ0n) is 10.4. The summed E-state index contributed by atoms with van der Waals surface area (Å²) < 4.78 is 0. The van der Waals surface area contributed by atoms with Gasteiger partial charge in [0.2, 0.25) is 0 Å². The van der Waals surface area contributed by atoms with Crippen LogP contribution >= 0.6 is 24.0 Å². The first-order valence-corrected chi connectivity index (χ1v) is 6.86. The predicted molar refractivity (Wildman–Crippen MR) is 78.4 cm³/mol. The van der Waals surface area contributed by atoms with Crippen molar-refractivity contribution in [3.05, 3.63) is 34.9 Å². The Hall–Kier alpha value is -0.280. The summed E-state index contributed by atoms with van der Waals surface area (Å²) in [6.07, 6.45) is 1.35. The van der Waals surface area contributed by atoms with Crippen LogP contribution in [0.25, 0.3) is 0 Å². The maximum absolute atomic E-state index is 5.91. The average molecular weight is 287 g/mol. The van der Waals surface area contributed by atoms with Crippen LogP contribution in [-0.4, -0.2) is 31.1 Å². The molecule has 0 saturated carbocycles. The second-order valence-electron chi connectivity index (χ2n) is 5.33. The molecule has 0 aromatic heterocycles. The van der Waals surface area contributed by atoms with E-state index in [0.717, 1.165) is 23.4 Å². The van der Waals surface area contributed by atoms with Crippen molar-refractivity contribution in [2.45, 2.75) is 13.0 Å². The van der Waals surface area contributed by atoms with Crippen molar-refractivity contribution in [3.63, 3.8) is 0 Å². The Morgan fingerprint density at radius 1 is 1.17 bits per heavy atom. The molecule has 1 aromatic carbocycles. The highest BCUT2D eigenvalue weighted by Crippen LogP contribution is 2.27. The van der Waals surface area contributed by atoms with E-state index in [1.165, 1.54) is 38.2 Å². The molecule has 1 aromatic rings. The van der Waals surface area contributed by atoms with Crippen molar-refractivity contribution < 1.29 is 0 Å². The molecule has 2 aliphatic heterocycles. The fourth-order valence-electron chi connectivity index (χ4n) is 3.10. The monoisotopic (exact) mass is 286 g/mol. The second-order valence-corrected chi connectivity index (χ2v) is 5.77. The lowest BCUT2D eigenvalue weighted by Gasteiger charge is -2.34. The number of hydrogen-bond donors (Lipinski definition) is 1. The Morgan fingerprint density at radius 3 is 2.67 bits per heavy atom. The Labute approximate surface area is 120 Å². The first-order chi connectivity index (χ1) is 8.31. The van der Waals surface area contributed by atoms with Gasteiger partial charge in [0.05, 0.1) is 0 Å². The van der Waals surface area contributed by atoms with E-state index in [1.54, 1.807) is 0 Å². The second kappa shape index (κ2) is 6.25. The van der Waals surface area contributed by atoms with Crippen LogP contribution in [0, 0.1) is 11.8 Å². The van der Waals surface area contributed by atoms with E-state index in [2.05, 4.69) is 22.3 Å². The molecule has 2 aliphatic rings. The maximum atomic E-state index is 5.91. The van der Waals surface area contributed by atoms with E-state index in [4.69, 9.17) is 11.6 Å². The molecule has 0 spiro atoms. The van der Waals surface area contributed by atoms with Gasteiger partial charge in [0, 0.05) is 18.1 Å². The fourth-order valence-corrected chi connectivity index (χ4v) is 3.23. The number of hydrogen-bond acceptors (Lipinski definition) is 2. The van der Waals surface area contributed by atoms with Crippen molar-refractivity contribution in [2.24, 2.45) is 11.8 Å². The van der Waals surface area contributed by atoms with Crippen molar-refractivity contribution in [2.75, 3.05) is 26.2 Å². The SMILES string of the molecule is Cl.Clc1ccc(CN2CCC3CNCC3C2)cc1.